The molecule has 1 fully saturated rings. The molecule has 3 nitrogen and oxygen atoms in total. The van der Waals surface area contributed by atoms with Crippen molar-refractivity contribution in [3.8, 4) is 0 Å². The molecule has 0 aromatic carbocycles. The van der Waals surface area contributed by atoms with Gasteiger partial charge in [0.2, 0.25) is 0 Å². The second-order valence-corrected chi connectivity index (χ2v) is 4.25. The van der Waals surface area contributed by atoms with Crippen LogP contribution in [0.3, 0.4) is 0 Å². The molecule has 2 heterocycles. The number of carbonyl (C=O) groups is 1. The Balaban J connectivity index is 2.02. The Labute approximate surface area is 87.8 Å². The lowest BCUT2D eigenvalue weighted by Crippen LogP contribution is -2.51. The van der Waals surface area contributed by atoms with Crippen molar-refractivity contribution >= 4 is 17.7 Å². The lowest BCUT2D eigenvalue weighted by Gasteiger charge is -2.45. The first-order valence-electron chi connectivity index (χ1n) is 4.73. The van der Waals surface area contributed by atoms with Crippen LogP contribution in [0.1, 0.15) is 13.3 Å². The van der Waals surface area contributed by atoms with Crippen LogP contribution in [0.5, 0.6) is 0 Å². The van der Waals surface area contributed by atoms with Gasteiger partial charge in [-0.25, -0.2) is 4.79 Å². The predicted octanol–water partition coefficient (Wildman–Crippen LogP) is 1.73. The number of nitrogens with zero attached hydrogens (tertiary/aromatic N) is 1. The van der Waals surface area contributed by atoms with E-state index >= 15 is 0 Å². The van der Waals surface area contributed by atoms with Crippen molar-refractivity contribution in [2.45, 2.75) is 19.4 Å². The fourth-order valence-corrected chi connectivity index (χ4v) is 2.65. The van der Waals surface area contributed by atoms with Gasteiger partial charge in [-0.2, -0.15) is 0 Å². The maximum atomic E-state index is 11.6. The number of fused-ring (bicyclic) bond motifs is 1. The van der Waals surface area contributed by atoms with Crippen molar-refractivity contribution in [3.05, 3.63) is 23.4 Å². The summed E-state index contributed by atoms with van der Waals surface area (Å²) in [5.41, 5.74) is 0.718. The smallest absolute Gasteiger partial charge is 0.359 e. The molecular formula is C10H13NO2S. The van der Waals surface area contributed by atoms with Crippen molar-refractivity contribution in [1.82, 2.24) is 4.90 Å². The molecule has 76 valence electrons. The zero-order valence-electron chi connectivity index (χ0n) is 8.10. The van der Waals surface area contributed by atoms with Crippen LogP contribution in [-0.4, -0.2) is 29.2 Å². The molecule has 0 aliphatic carbocycles. The summed E-state index contributed by atoms with van der Waals surface area (Å²) in [5.74, 6) is 0.862. The highest BCUT2D eigenvalue weighted by atomic mass is 32.2. The Morgan fingerprint density at radius 1 is 1.79 bits per heavy atom. The van der Waals surface area contributed by atoms with Crippen molar-refractivity contribution in [2.24, 2.45) is 0 Å². The SMILES string of the molecule is C/C=C/OC(=O)C1=CSCC2CCN12. The van der Waals surface area contributed by atoms with Gasteiger partial charge in [0, 0.05) is 23.7 Å². The van der Waals surface area contributed by atoms with Crippen LogP contribution in [-0.2, 0) is 9.53 Å². The minimum atomic E-state index is -0.236. The van der Waals surface area contributed by atoms with Crippen LogP contribution >= 0.6 is 11.8 Å². The number of thioether (sulfide) groups is 1. The molecule has 4 heteroatoms. The van der Waals surface area contributed by atoms with E-state index in [4.69, 9.17) is 4.74 Å². The molecule has 1 atom stereocenters. The van der Waals surface area contributed by atoms with E-state index in [1.54, 1.807) is 17.8 Å². The van der Waals surface area contributed by atoms with E-state index in [0.29, 0.717) is 6.04 Å². The van der Waals surface area contributed by atoms with Gasteiger partial charge in [0.25, 0.3) is 0 Å². The maximum absolute atomic E-state index is 11.6. The number of hydrogen-bond acceptors (Lipinski definition) is 4. The number of esters is 1. The predicted molar refractivity (Wildman–Crippen MR) is 56.6 cm³/mol. The first-order valence-corrected chi connectivity index (χ1v) is 5.78. The van der Waals surface area contributed by atoms with E-state index in [-0.39, 0.29) is 5.97 Å². The van der Waals surface area contributed by atoms with Gasteiger partial charge in [0.05, 0.1) is 6.26 Å². The molecule has 0 spiro atoms. The summed E-state index contributed by atoms with van der Waals surface area (Å²) in [5, 5.41) is 1.90. The van der Waals surface area contributed by atoms with Crippen LogP contribution in [0.4, 0.5) is 0 Å². The van der Waals surface area contributed by atoms with Gasteiger partial charge in [0.15, 0.2) is 0 Å². The minimum Gasteiger partial charge on any atom is -0.430 e. The maximum Gasteiger partial charge on any atom is 0.359 e. The summed E-state index contributed by atoms with van der Waals surface area (Å²) < 4.78 is 4.94. The third-order valence-electron chi connectivity index (χ3n) is 2.46. The van der Waals surface area contributed by atoms with Crippen LogP contribution < -0.4 is 0 Å². The zero-order valence-corrected chi connectivity index (χ0v) is 8.92. The molecule has 2 rings (SSSR count). The van der Waals surface area contributed by atoms with Crippen molar-refractivity contribution in [1.29, 1.82) is 0 Å². The number of ether oxygens (including phenoxy) is 1. The largest absolute Gasteiger partial charge is 0.430 e. The third-order valence-corrected chi connectivity index (χ3v) is 3.42. The molecule has 2 aliphatic heterocycles. The highest BCUT2D eigenvalue weighted by Gasteiger charge is 2.35. The van der Waals surface area contributed by atoms with E-state index in [1.807, 2.05) is 12.3 Å². The number of hydrogen-bond donors (Lipinski definition) is 0. The number of rotatable bonds is 2. The summed E-state index contributed by atoms with van der Waals surface area (Å²) in [6, 6.07) is 0.554. The van der Waals surface area contributed by atoms with Gasteiger partial charge < -0.3 is 9.64 Å². The molecule has 0 N–H and O–H groups in total. The standard InChI is InChI=1S/C10H13NO2S/c1-2-5-13-10(12)9-7-14-6-8-3-4-11(8)9/h2,5,7-8H,3-4,6H2,1H3/b5-2+. The van der Waals surface area contributed by atoms with Gasteiger partial charge >= 0.3 is 5.97 Å². The van der Waals surface area contributed by atoms with Gasteiger partial charge in [-0.3, -0.25) is 0 Å². The number of carbonyl (C=O) groups excluding carboxylic acids is 1. The van der Waals surface area contributed by atoms with E-state index in [9.17, 15) is 4.79 Å². The van der Waals surface area contributed by atoms with Gasteiger partial charge in [-0.1, -0.05) is 6.08 Å². The highest BCUT2D eigenvalue weighted by molar-refractivity contribution is 8.02. The quantitative estimate of drug-likeness (QED) is 0.514. The fraction of sp³-hybridized carbons (Fsp3) is 0.500. The monoisotopic (exact) mass is 211 g/mol. The Kier molecular flexibility index (Phi) is 2.82. The first-order chi connectivity index (χ1) is 6.83. The van der Waals surface area contributed by atoms with Crippen LogP contribution in [0, 0.1) is 0 Å². The van der Waals surface area contributed by atoms with E-state index in [0.717, 1.165) is 18.0 Å². The molecule has 1 saturated heterocycles. The molecule has 0 radical (unpaired) electrons. The topological polar surface area (TPSA) is 29.5 Å². The Morgan fingerprint density at radius 3 is 3.29 bits per heavy atom. The Morgan fingerprint density at radius 2 is 2.64 bits per heavy atom. The van der Waals surface area contributed by atoms with E-state index < -0.39 is 0 Å². The second kappa shape index (κ2) is 4.09. The molecule has 0 saturated carbocycles. The molecule has 1 unspecified atom stereocenters. The summed E-state index contributed by atoms with van der Waals surface area (Å²) >= 11 is 1.70. The summed E-state index contributed by atoms with van der Waals surface area (Å²) in [6.45, 7) is 2.81. The molecule has 0 bridgehead atoms. The summed E-state index contributed by atoms with van der Waals surface area (Å²) in [4.78, 5) is 13.7. The third kappa shape index (κ3) is 1.66. The van der Waals surface area contributed by atoms with Crippen LogP contribution in [0.2, 0.25) is 0 Å². The lowest BCUT2D eigenvalue weighted by molar-refractivity contribution is -0.136. The van der Waals surface area contributed by atoms with Crippen LogP contribution in [0.25, 0.3) is 0 Å². The molecule has 0 aromatic rings. The zero-order chi connectivity index (χ0) is 9.97. The average molecular weight is 211 g/mol. The summed E-state index contributed by atoms with van der Waals surface area (Å²) in [6.07, 6.45) is 4.33. The fourth-order valence-electron chi connectivity index (χ4n) is 1.59. The normalized spacial score (nSPS) is 25.4. The first kappa shape index (κ1) is 9.65. The molecular weight excluding hydrogens is 198 g/mol. The lowest BCUT2D eigenvalue weighted by atomic mass is 10.0. The van der Waals surface area contributed by atoms with Gasteiger partial charge in [0.1, 0.15) is 5.70 Å². The Bertz CT molecular complexity index is 298. The summed E-state index contributed by atoms with van der Waals surface area (Å²) in [7, 11) is 0. The van der Waals surface area contributed by atoms with Gasteiger partial charge in [-0.05, 0) is 13.3 Å². The van der Waals surface area contributed by atoms with E-state index in [1.165, 1.54) is 12.7 Å². The average Bonchev–Trinajstić information content (AvgIpc) is 2.15. The molecule has 0 aromatic heterocycles. The van der Waals surface area contributed by atoms with Crippen molar-refractivity contribution in [3.63, 3.8) is 0 Å². The molecule has 14 heavy (non-hydrogen) atoms. The Hall–Kier alpha value is -0.900. The minimum absolute atomic E-state index is 0.236. The van der Waals surface area contributed by atoms with Crippen LogP contribution in [0.15, 0.2) is 23.4 Å². The van der Waals surface area contributed by atoms with E-state index in [2.05, 4.69) is 4.90 Å². The van der Waals surface area contributed by atoms with Crippen molar-refractivity contribution in [2.75, 3.05) is 12.3 Å². The van der Waals surface area contributed by atoms with Crippen molar-refractivity contribution < 1.29 is 9.53 Å². The number of allylic oxidation sites excluding steroid dienone is 1. The molecule has 2 aliphatic rings. The highest BCUT2D eigenvalue weighted by Crippen LogP contribution is 2.32. The molecule has 0 amide bonds. The van der Waals surface area contributed by atoms with Gasteiger partial charge in [-0.15, -0.1) is 11.8 Å². The second-order valence-electron chi connectivity index (χ2n) is 3.35.